The average Bonchev–Trinajstić information content (AvgIpc) is 3.39. The van der Waals surface area contributed by atoms with Crippen LogP contribution in [0.5, 0.6) is 11.5 Å². The Morgan fingerprint density at radius 3 is 2.41 bits per heavy atom. The fourth-order valence-electron chi connectivity index (χ4n) is 2.76. The third-order valence-electron chi connectivity index (χ3n) is 4.35. The van der Waals surface area contributed by atoms with E-state index in [0.717, 1.165) is 16.0 Å². The molecule has 2 aromatic heterocycles. The third-order valence-corrected chi connectivity index (χ3v) is 6.44. The van der Waals surface area contributed by atoms with Gasteiger partial charge in [0.15, 0.2) is 5.13 Å². The molecule has 0 unspecified atom stereocenters. The summed E-state index contributed by atoms with van der Waals surface area (Å²) in [7, 11) is 7.00. The number of nitro groups is 1. The zero-order valence-corrected chi connectivity index (χ0v) is 20.4. The molecule has 12 heteroatoms. The number of carbonyl (C=O) groups is 1. The number of thiophene rings is 1. The van der Waals surface area contributed by atoms with Crippen molar-refractivity contribution in [3.05, 3.63) is 45.3 Å². The predicted molar refractivity (Wildman–Crippen MR) is 131 cm³/mol. The van der Waals surface area contributed by atoms with Gasteiger partial charge in [0.25, 0.3) is 5.91 Å². The fraction of sp³-hybridized carbons (Fsp3) is 0.300. The van der Waals surface area contributed by atoms with Gasteiger partial charge in [-0.15, -0.1) is 12.4 Å². The van der Waals surface area contributed by atoms with Gasteiger partial charge in [-0.3, -0.25) is 19.8 Å². The number of anilines is 1. The Morgan fingerprint density at radius 1 is 1.12 bits per heavy atom. The number of fused-ring (bicyclic) bond motifs is 1. The molecule has 0 aliphatic rings. The monoisotopic (exact) mass is 498 g/mol. The summed E-state index contributed by atoms with van der Waals surface area (Å²) in [6.07, 6.45) is 2.99. The summed E-state index contributed by atoms with van der Waals surface area (Å²) in [5.74, 6) is 0.982. The second-order valence-electron chi connectivity index (χ2n) is 6.70. The number of aromatic nitrogens is 1. The highest BCUT2D eigenvalue weighted by Gasteiger charge is 2.21. The Labute approximate surface area is 199 Å². The van der Waals surface area contributed by atoms with Crippen LogP contribution in [0.2, 0.25) is 0 Å². The first-order valence-corrected chi connectivity index (χ1v) is 10.9. The molecule has 3 rings (SSSR count). The Balaban J connectivity index is 0.00000363. The summed E-state index contributed by atoms with van der Waals surface area (Å²) < 4.78 is 11.6. The minimum absolute atomic E-state index is 0. The largest absolute Gasteiger partial charge is 0.495 e. The van der Waals surface area contributed by atoms with E-state index in [9.17, 15) is 14.9 Å². The molecule has 172 valence electrons. The van der Waals surface area contributed by atoms with E-state index in [1.54, 1.807) is 43.4 Å². The van der Waals surface area contributed by atoms with Crippen molar-refractivity contribution in [1.29, 1.82) is 0 Å². The van der Waals surface area contributed by atoms with Crippen LogP contribution in [0.3, 0.4) is 0 Å². The SMILES string of the molecule is COc1ccc(OC)c2sc(N(CCN(C)C)C(=O)C=Cc3ccc([N+](=O)[O-])s3)nc12.Cl. The van der Waals surface area contributed by atoms with E-state index < -0.39 is 4.92 Å². The number of carbonyl (C=O) groups excluding carboxylic acids is 1. The number of thiazole rings is 1. The van der Waals surface area contributed by atoms with Gasteiger partial charge in [0.2, 0.25) is 0 Å². The molecule has 0 aliphatic heterocycles. The number of benzene rings is 1. The van der Waals surface area contributed by atoms with E-state index in [0.29, 0.717) is 40.1 Å². The van der Waals surface area contributed by atoms with Gasteiger partial charge in [-0.1, -0.05) is 22.7 Å². The van der Waals surface area contributed by atoms with Crippen LogP contribution in [-0.2, 0) is 4.79 Å². The lowest BCUT2D eigenvalue weighted by atomic mass is 10.3. The van der Waals surface area contributed by atoms with Crippen LogP contribution < -0.4 is 14.4 Å². The maximum Gasteiger partial charge on any atom is 0.324 e. The summed E-state index contributed by atoms with van der Waals surface area (Å²) in [5, 5.41) is 11.4. The van der Waals surface area contributed by atoms with E-state index in [4.69, 9.17) is 9.47 Å². The molecular weight excluding hydrogens is 476 g/mol. The number of halogens is 1. The number of ether oxygens (including phenoxy) is 2. The van der Waals surface area contributed by atoms with Crippen molar-refractivity contribution in [2.24, 2.45) is 0 Å². The van der Waals surface area contributed by atoms with E-state index in [2.05, 4.69) is 4.98 Å². The van der Waals surface area contributed by atoms with E-state index >= 15 is 0 Å². The predicted octanol–water partition coefficient (Wildman–Crippen LogP) is 4.31. The minimum atomic E-state index is -0.449. The summed E-state index contributed by atoms with van der Waals surface area (Å²) >= 11 is 2.36. The summed E-state index contributed by atoms with van der Waals surface area (Å²) in [4.78, 5) is 32.3. The molecule has 0 bridgehead atoms. The third kappa shape index (κ3) is 5.74. The number of likely N-dealkylation sites (N-methyl/N-ethyl adjacent to an activating group) is 1. The first kappa shape index (κ1) is 25.5. The average molecular weight is 499 g/mol. The van der Waals surface area contributed by atoms with Gasteiger partial charge in [-0.05, 0) is 38.4 Å². The zero-order chi connectivity index (χ0) is 22.5. The molecule has 1 aromatic carbocycles. The number of nitrogens with zero attached hydrogens (tertiary/aromatic N) is 4. The van der Waals surface area contributed by atoms with Crippen molar-refractivity contribution in [2.45, 2.75) is 0 Å². The standard InChI is InChI=1S/C20H22N4O5S2.ClH/c1-22(2)11-12-23(16(25)9-5-13-6-10-17(30-13)24(26)27)20-21-18-14(28-3)7-8-15(29-4)19(18)31-20;/h5-10H,11-12H2,1-4H3;1H. The zero-order valence-electron chi connectivity index (χ0n) is 17.9. The minimum Gasteiger partial charge on any atom is -0.495 e. The smallest absolute Gasteiger partial charge is 0.324 e. The topological polar surface area (TPSA) is 98.0 Å². The molecule has 0 saturated heterocycles. The molecule has 32 heavy (non-hydrogen) atoms. The summed E-state index contributed by atoms with van der Waals surface area (Å²) in [6.45, 7) is 1.06. The molecule has 0 radical (unpaired) electrons. The van der Waals surface area contributed by atoms with E-state index in [1.807, 2.05) is 19.0 Å². The van der Waals surface area contributed by atoms with Gasteiger partial charge in [-0.2, -0.15) is 0 Å². The Hall–Kier alpha value is -2.73. The van der Waals surface area contributed by atoms with Crippen molar-refractivity contribution in [2.75, 3.05) is 46.3 Å². The molecule has 0 atom stereocenters. The van der Waals surface area contributed by atoms with Crippen LogP contribution >= 0.6 is 35.1 Å². The lowest BCUT2D eigenvalue weighted by molar-refractivity contribution is -0.380. The molecule has 9 nitrogen and oxygen atoms in total. The van der Waals surface area contributed by atoms with E-state index in [-0.39, 0.29) is 23.3 Å². The van der Waals surface area contributed by atoms with Gasteiger partial charge in [0, 0.05) is 30.1 Å². The number of rotatable bonds is 9. The van der Waals surface area contributed by atoms with Gasteiger partial charge in [-0.25, -0.2) is 4.98 Å². The van der Waals surface area contributed by atoms with Crippen LogP contribution in [0.15, 0.2) is 30.3 Å². The van der Waals surface area contributed by atoms with Gasteiger partial charge in [0.1, 0.15) is 21.7 Å². The maximum atomic E-state index is 13.1. The van der Waals surface area contributed by atoms with Crippen molar-refractivity contribution in [3.63, 3.8) is 0 Å². The highest BCUT2D eigenvalue weighted by atomic mass is 35.5. The lowest BCUT2D eigenvalue weighted by Gasteiger charge is -2.20. The quantitative estimate of drug-likeness (QED) is 0.246. The second-order valence-corrected chi connectivity index (χ2v) is 8.78. The molecule has 1 amide bonds. The normalized spacial score (nSPS) is 11.0. The van der Waals surface area contributed by atoms with Crippen molar-refractivity contribution < 1.29 is 19.2 Å². The van der Waals surface area contributed by atoms with Crippen LogP contribution in [0, 0.1) is 10.1 Å². The molecule has 3 aromatic rings. The molecule has 0 aliphatic carbocycles. The molecule has 0 spiro atoms. The fourth-order valence-corrected chi connectivity index (χ4v) is 4.59. The molecule has 0 N–H and O–H groups in total. The summed E-state index contributed by atoms with van der Waals surface area (Å²) in [6, 6.07) is 6.62. The molecule has 0 fully saturated rings. The number of amides is 1. The van der Waals surface area contributed by atoms with Gasteiger partial charge < -0.3 is 14.4 Å². The van der Waals surface area contributed by atoms with Gasteiger partial charge >= 0.3 is 5.00 Å². The lowest BCUT2D eigenvalue weighted by Crippen LogP contribution is -2.35. The highest BCUT2D eigenvalue weighted by molar-refractivity contribution is 7.22. The van der Waals surface area contributed by atoms with Gasteiger partial charge in [0.05, 0.1) is 19.1 Å². The number of hydrogen-bond donors (Lipinski definition) is 0. The molecule has 2 heterocycles. The van der Waals surface area contributed by atoms with Crippen molar-refractivity contribution in [1.82, 2.24) is 9.88 Å². The molecular formula is C20H23ClN4O5S2. The molecule has 0 saturated carbocycles. The first-order valence-electron chi connectivity index (χ1n) is 9.24. The number of hydrogen-bond acceptors (Lipinski definition) is 9. The number of methoxy groups -OCH3 is 2. The first-order chi connectivity index (χ1) is 14.8. The summed E-state index contributed by atoms with van der Waals surface area (Å²) in [5.41, 5.74) is 0.627. The van der Waals surface area contributed by atoms with E-state index in [1.165, 1.54) is 23.5 Å². The maximum absolute atomic E-state index is 13.1. The highest BCUT2D eigenvalue weighted by Crippen LogP contribution is 2.40. The van der Waals surface area contributed by atoms with Crippen molar-refractivity contribution in [3.8, 4) is 11.5 Å². The Bertz CT molecular complexity index is 1090. The van der Waals surface area contributed by atoms with Crippen LogP contribution in [0.4, 0.5) is 10.1 Å². The Kier molecular flexibility index (Phi) is 8.96. The van der Waals surface area contributed by atoms with Crippen LogP contribution in [-0.4, -0.2) is 62.1 Å². The Morgan fingerprint density at radius 2 is 1.81 bits per heavy atom. The van der Waals surface area contributed by atoms with Crippen molar-refractivity contribution >= 4 is 67.4 Å². The van der Waals surface area contributed by atoms with Crippen LogP contribution in [0.1, 0.15) is 4.88 Å². The van der Waals surface area contributed by atoms with Crippen LogP contribution in [0.25, 0.3) is 16.3 Å². The second kappa shape index (κ2) is 11.2.